The summed E-state index contributed by atoms with van der Waals surface area (Å²) in [6.45, 7) is 3.75. The minimum Gasteiger partial charge on any atom is -0.491 e. The minimum atomic E-state index is -0.300. The van der Waals surface area contributed by atoms with Crippen molar-refractivity contribution in [3.05, 3.63) is 47.0 Å². The second kappa shape index (κ2) is 9.60. The number of thiazole rings is 1. The fourth-order valence-electron chi connectivity index (χ4n) is 2.71. The highest BCUT2D eigenvalue weighted by Crippen LogP contribution is 2.36. The molecule has 0 saturated carbocycles. The molecule has 0 atom stereocenters. The number of hydrogen-bond acceptors (Lipinski definition) is 6. The number of methoxy groups -OCH3 is 1. The zero-order valence-corrected chi connectivity index (χ0v) is 18.2. The highest BCUT2D eigenvalue weighted by atomic mass is 35.5. The van der Waals surface area contributed by atoms with Gasteiger partial charge in [0.15, 0.2) is 16.6 Å². The SMILES string of the molecule is CCOc1cc(C=CC(=O)Nc2ccc3nc(NC(C)=O)sc3c2)cc(Cl)c1OC. The van der Waals surface area contributed by atoms with Crippen LogP contribution in [0.5, 0.6) is 11.5 Å². The fourth-order valence-corrected chi connectivity index (χ4v) is 3.95. The van der Waals surface area contributed by atoms with Gasteiger partial charge in [0.25, 0.3) is 0 Å². The van der Waals surface area contributed by atoms with E-state index in [0.29, 0.717) is 39.5 Å². The lowest BCUT2D eigenvalue weighted by Crippen LogP contribution is -2.07. The first-order valence-electron chi connectivity index (χ1n) is 9.07. The maximum Gasteiger partial charge on any atom is 0.248 e. The molecular formula is C21H20ClN3O4S. The van der Waals surface area contributed by atoms with E-state index in [0.717, 1.165) is 10.2 Å². The molecule has 0 radical (unpaired) electrons. The van der Waals surface area contributed by atoms with Crippen LogP contribution in [0.15, 0.2) is 36.4 Å². The van der Waals surface area contributed by atoms with Crippen LogP contribution >= 0.6 is 22.9 Å². The molecule has 1 aromatic heterocycles. The third kappa shape index (κ3) is 5.28. The zero-order chi connectivity index (χ0) is 21.7. The van der Waals surface area contributed by atoms with Crippen molar-refractivity contribution in [2.45, 2.75) is 13.8 Å². The van der Waals surface area contributed by atoms with Crippen LogP contribution in [0.2, 0.25) is 5.02 Å². The Morgan fingerprint density at radius 2 is 2.03 bits per heavy atom. The van der Waals surface area contributed by atoms with Gasteiger partial charge in [0, 0.05) is 18.7 Å². The minimum absolute atomic E-state index is 0.182. The van der Waals surface area contributed by atoms with E-state index in [9.17, 15) is 9.59 Å². The van der Waals surface area contributed by atoms with Crippen molar-refractivity contribution >= 4 is 61.9 Å². The standard InChI is InChI=1S/C21H20ClN3O4S/c1-4-29-17-10-13(9-15(22)20(17)28-3)5-8-19(27)24-14-6-7-16-18(11-14)30-21(25-16)23-12(2)26/h5-11H,4H2,1-3H3,(H,24,27)(H,23,25,26). The summed E-state index contributed by atoms with van der Waals surface area (Å²) in [7, 11) is 1.52. The molecule has 0 spiro atoms. The van der Waals surface area contributed by atoms with E-state index < -0.39 is 0 Å². The van der Waals surface area contributed by atoms with Crippen LogP contribution < -0.4 is 20.1 Å². The molecule has 9 heteroatoms. The van der Waals surface area contributed by atoms with Crippen molar-refractivity contribution in [1.82, 2.24) is 4.98 Å². The van der Waals surface area contributed by atoms with Gasteiger partial charge in [0.1, 0.15) is 0 Å². The summed E-state index contributed by atoms with van der Waals surface area (Å²) in [6.07, 6.45) is 3.05. The van der Waals surface area contributed by atoms with Crippen LogP contribution in [-0.4, -0.2) is 30.5 Å². The summed E-state index contributed by atoms with van der Waals surface area (Å²) in [5.41, 5.74) is 2.07. The van der Waals surface area contributed by atoms with E-state index in [2.05, 4.69) is 15.6 Å². The maximum absolute atomic E-state index is 12.3. The summed E-state index contributed by atoms with van der Waals surface area (Å²) in [5, 5.41) is 6.38. The average Bonchev–Trinajstić information content (AvgIpc) is 3.07. The van der Waals surface area contributed by atoms with Gasteiger partial charge in [-0.2, -0.15) is 0 Å². The normalized spacial score (nSPS) is 10.9. The van der Waals surface area contributed by atoms with Gasteiger partial charge in [-0.25, -0.2) is 4.98 Å². The van der Waals surface area contributed by atoms with E-state index in [4.69, 9.17) is 21.1 Å². The number of nitrogens with one attached hydrogen (secondary N) is 2. The lowest BCUT2D eigenvalue weighted by Gasteiger charge is -2.11. The van der Waals surface area contributed by atoms with Crippen LogP contribution in [0.4, 0.5) is 10.8 Å². The summed E-state index contributed by atoms with van der Waals surface area (Å²) >= 11 is 7.57. The molecule has 156 valence electrons. The fraction of sp³-hybridized carbons (Fsp3) is 0.190. The molecule has 1 heterocycles. The van der Waals surface area contributed by atoms with Crippen LogP contribution in [0.1, 0.15) is 19.4 Å². The van der Waals surface area contributed by atoms with Gasteiger partial charge in [-0.15, -0.1) is 0 Å². The first kappa shape index (κ1) is 21.6. The van der Waals surface area contributed by atoms with Crippen LogP contribution in [0.25, 0.3) is 16.3 Å². The molecule has 0 aliphatic heterocycles. The Morgan fingerprint density at radius 1 is 1.23 bits per heavy atom. The second-order valence-electron chi connectivity index (χ2n) is 6.17. The van der Waals surface area contributed by atoms with Crippen molar-refractivity contribution in [3.8, 4) is 11.5 Å². The number of carbonyl (C=O) groups is 2. The van der Waals surface area contributed by atoms with E-state index >= 15 is 0 Å². The van der Waals surface area contributed by atoms with Gasteiger partial charge in [-0.3, -0.25) is 9.59 Å². The molecule has 0 unspecified atom stereocenters. The molecule has 3 aromatic rings. The molecule has 7 nitrogen and oxygen atoms in total. The highest BCUT2D eigenvalue weighted by molar-refractivity contribution is 7.22. The number of fused-ring (bicyclic) bond motifs is 1. The van der Waals surface area contributed by atoms with Gasteiger partial charge >= 0.3 is 0 Å². The van der Waals surface area contributed by atoms with Gasteiger partial charge in [0.05, 0.1) is 29.0 Å². The number of anilines is 2. The molecule has 0 fully saturated rings. The molecule has 0 bridgehead atoms. The van der Waals surface area contributed by atoms with Gasteiger partial charge < -0.3 is 20.1 Å². The van der Waals surface area contributed by atoms with Crippen molar-refractivity contribution in [3.63, 3.8) is 0 Å². The monoisotopic (exact) mass is 445 g/mol. The number of aromatic nitrogens is 1. The maximum atomic E-state index is 12.3. The number of carbonyl (C=O) groups excluding carboxylic acids is 2. The van der Waals surface area contributed by atoms with Crippen LogP contribution in [0.3, 0.4) is 0 Å². The van der Waals surface area contributed by atoms with Crippen LogP contribution in [0, 0.1) is 0 Å². The third-order valence-corrected chi connectivity index (χ3v) is 5.12. The van der Waals surface area contributed by atoms with Crippen LogP contribution in [-0.2, 0) is 9.59 Å². The molecule has 0 aliphatic rings. The van der Waals surface area contributed by atoms with E-state index in [-0.39, 0.29) is 11.8 Å². The lowest BCUT2D eigenvalue weighted by atomic mass is 10.2. The molecule has 0 aliphatic carbocycles. The number of nitrogens with zero attached hydrogens (tertiary/aromatic N) is 1. The molecule has 30 heavy (non-hydrogen) atoms. The Morgan fingerprint density at radius 3 is 2.73 bits per heavy atom. The molecule has 0 saturated heterocycles. The van der Waals surface area contributed by atoms with Crippen molar-refractivity contribution < 1.29 is 19.1 Å². The van der Waals surface area contributed by atoms with Crippen molar-refractivity contribution in [2.24, 2.45) is 0 Å². The number of amides is 2. The summed E-state index contributed by atoms with van der Waals surface area (Å²) in [6, 6.07) is 8.79. The average molecular weight is 446 g/mol. The highest BCUT2D eigenvalue weighted by Gasteiger charge is 2.11. The zero-order valence-electron chi connectivity index (χ0n) is 16.6. The largest absolute Gasteiger partial charge is 0.491 e. The Kier molecular flexibility index (Phi) is 6.91. The van der Waals surface area contributed by atoms with Gasteiger partial charge in [-0.05, 0) is 48.9 Å². The van der Waals surface area contributed by atoms with Crippen molar-refractivity contribution in [2.75, 3.05) is 24.4 Å². The molecule has 3 rings (SSSR count). The molecule has 2 N–H and O–H groups in total. The predicted octanol–water partition coefficient (Wildman–Crippen LogP) is 4.97. The Bertz CT molecular complexity index is 1130. The van der Waals surface area contributed by atoms with Crippen molar-refractivity contribution in [1.29, 1.82) is 0 Å². The Labute approximate surface area is 182 Å². The second-order valence-corrected chi connectivity index (χ2v) is 7.61. The smallest absolute Gasteiger partial charge is 0.248 e. The number of benzene rings is 2. The predicted molar refractivity (Wildman–Crippen MR) is 121 cm³/mol. The number of ether oxygens (including phenoxy) is 2. The first-order valence-corrected chi connectivity index (χ1v) is 10.3. The molecule has 2 aromatic carbocycles. The number of rotatable bonds is 7. The Balaban J connectivity index is 1.73. The summed E-state index contributed by atoms with van der Waals surface area (Å²) < 4.78 is 11.7. The lowest BCUT2D eigenvalue weighted by molar-refractivity contribution is -0.114. The first-order chi connectivity index (χ1) is 14.4. The molecule has 2 amide bonds. The summed E-state index contributed by atoms with van der Waals surface area (Å²) in [5.74, 6) is 0.486. The number of hydrogen-bond donors (Lipinski definition) is 2. The van der Waals surface area contributed by atoms with Gasteiger partial charge in [-0.1, -0.05) is 22.9 Å². The molecular weight excluding hydrogens is 426 g/mol. The quantitative estimate of drug-likeness (QED) is 0.501. The van der Waals surface area contributed by atoms with E-state index in [1.165, 1.54) is 31.4 Å². The van der Waals surface area contributed by atoms with Gasteiger partial charge in [0.2, 0.25) is 11.8 Å². The van der Waals surface area contributed by atoms with E-state index in [1.54, 1.807) is 30.3 Å². The van der Waals surface area contributed by atoms with E-state index in [1.807, 2.05) is 13.0 Å². The topological polar surface area (TPSA) is 89.5 Å². The third-order valence-electron chi connectivity index (χ3n) is 3.90. The summed E-state index contributed by atoms with van der Waals surface area (Å²) in [4.78, 5) is 27.8. The Hall–Kier alpha value is -3.10. The number of halogens is 1.